The van der Waals surface area contributed by atoms with E-state index in [1.165, 1.54) is 0 Å². The highest BCUT2D eigenvalue weighted by atomic mass is 32.1. The van der Waals surface area contributed by atoms with Crippen LogP contribution in [-0.2, 0) is 4.79 Å². The lowest BCUT2D eigenvalue weighted by atomic mass is 9.93. The molecule has 6 heteroatoms. The van der Waals surface area contributed by atoms with Gasteiger partial charge in [-0.05, 0) is 67.9 Å². The summed E-state index contributed by atoms with van der Waals surface area (Å²) in [7, 11) is 1.66. The number of carbonyl (C=O) groups excluding carboxylic acids is 2. The van der Waals surface area contributed by atoms with E-state index in [0.717, 1.165) is 78.5 Å². The molecule has 2 aliphatic rings. The zero-order valence-corrected chi connectivity index (χ0v) is 18.7. The number of aryl methyl sites for hydroxylation is 1. The first-order valence-corrected chi connectivity index (χ1v) is 11.7. The van der Waals surface area contributed by atoms with Gasteiger partial charge in [0.2, 0.25) is 5.91 Å². The minimum absolute atomic E-state index is 0.118. The van der Waals surface area contributed by atoms with Crippen LogP contribution in [0.5, 0.6) is 5.75 Å². The first-order chi connectivity index (χ1) is 14.5. The van der Waals surface area contributed by atoms with E-state index in [-0.39, 0.29) is 5.91 Å². The second-order valence-electron chi connectivity index (χ2n) is 8.34. The van der Waals surface area contributed by atoms with Crippen molar-refractivity contribution in [3.63, 3.8) is 0 Å². The SMILES string of the molecule is COc1ccc(-c2cc(C(=O)N3CCC(CC(=O)N4CCCC4)CC3)sc2C)cc1. The summed E-state index contributed by atoms with van der Waals surface area (Å²) in [5.41, 5.74) is 2.21. The Labute approximate surface area is 182 Å². The smallest absolute Gasteiger partial charge is 0.263 e. The summed E-state index contributed by atoms with van der Waals surface area (Å²) < 4.78 is 5.24. The average molecular weight is 427 g/mol. The van der Waals surface area contributed by atoms with E-state index in [0.29, 0.717) is 18.2 Å². The Morgan fingerprint density at radius 1 is 1.03 bits per heavy atom. The van der Waals surface area contributed by atoms with Gasteiger partial charge in [-0.1, -0.05) is 12.1 Å². The van der Waals surface area contributed by atoms with Crippen molar-refractivity contribution < 1.29 is 14.3 Å². The Morgan fingerprint density at radius 2 is 1.70 bits per heavy atom. The summed E-state index contributed by atoms with van der Waals surface area (Å²) in [6, 6.07) is 9.98. The van der Waals surface area contributed by atoms with Crippen molar-refractivity contribution in [3.8, 4) is 16.9 Å². The summed E-state index contributed by atoms with van der Waals surface area (Å²) in [6.45, 7) is 5.39. The zero-order valence-electron chi connectivity index (χ0n) is 17.9. The summed E-state index contributed by atoms with van der Waals surface area (Å²) in [6.07, 6.45) is 4.75. The summed E-state index contributed by atoms with van der Waals surface area (Å²) >= 11 is 1.57. The number of likely N-dealkylation sites (tertiary alicyclic amines) is 2. The minimum atomic E-state index is 0.118. The molecule has 2 amide bonds. The largest absolute Gasteiger partial charge is 0.497 e. The van der Waals surface area contributed by atoms with E-state index < -0.39 is 0 Å². The number of benzene rings is 1. The Kier molecular flexibility index (Phi) is 6.42. The lowest BCUT2D eigenvalue weighted by Gasteiger charge is -2.32. The van der Waals surface area contributed by atoms with E-state index in [2.05, 4.69) is 6.92 Å². The van der Waals surface area contributed by atoms with Gasteiger partial charge >= 0.3 is 0 Å². The molecule has 3 heterocycles. The molecule has 0 N–H and O–H groups in total. The quantitative estimate of drug-likeness (QED) is 0.702. The molecular formula is C24H30N2O3S. The molecule has 0 aliphatic carbocycles. The third-order valence-corrected chi connectivity index (χ3v) is 7.39. The number of piperidine rings is 1. The summed E-state index contributed by atoms with van der Waals surface area (Å²) in [5.74, 6) is 1.65. The van der Waals surface area contributed by atoms with Gasteiger partial charge in [-0.25, -0.2) is 0 Å². The van der Waals surface area contributed by atoms with E-state index in [1.807, 2.05) is 40.1 Å². The predicted octanol–water partition coefficient (Wildman–Crippen LogP) is 4.60. The molecule has 2 aliphatic heterocycles. The molecule has 2 saturated heterocycles. The van der Waals surface area contributed by atoms with Gasteiger partial charge < -0.3 is 14.5 Å². The van der Waals surface area contributed by atoms with Gasteiger partial charge in [0, 0.05) is 37.5 Å². The first-order valence-electron chi connectivity index (χ1n) is 10.9. The Hall–Kier alpha value is -2.34. The highest BCUT2D eigenvalue weighted by Crippen LogP contribution is 2.33. The monoisotopic (exact) mass is 426 g/mol. The van der Waals surface area contributed by atoms with Crippen molar-refractivity contribution in [3.05, 3.63) is 40.1 Å². The van der Waals surface area contributed by atoms with Crippen LogP contribution in [0, 0.1) is 12.8 Å². The second kappa shape index (κ2) is 9.21. The second-order valence-corrected chi connectivity index (χ2v) is 9.59. The van der Waals surface area contributed by atoms with Crippen LogP contribution in [0.3, 0.4) is 0 Å². The maximum Gasteiger partial charge on any atom is 0.263 e. The van der Waals surface area contributed by atoms with E-state index in [9.17, 15) is 9.59 Å². The molecule has 0 unspecified atom stereocenters. The maximum atomic E-state index is 13.1. The van der Waals surface area contributed by atoms with Crippen LogP contribution in [0.1, 0.15) is 46.7 Å². The number of thiophene rings is 1. The molecule has 160 valence electrons. The van der Waals surface area contributed by atoms with Crippen LogP contribution < -0.4 is 4.74 Å². The van der Waals surface area contributed by atoms with Crippen LogP contribution in [0.2, 0.25) is 0 Å². The topological polar surface area (TPSA) is 49.9 Å². The van der Waals surface area contributed by atoms with Gasteiger partial charge in [0.25, 0.3) is 5.91 Å². The molecule has 30 heavy (non-hydrogen) atoms. The molecule has 0 spiro atoms. The molecule has 2 aromatic rings. The summed E-state index contributed by atoms with van der Waals surface area (Å²) in [4.78, 5) is 31.4. The Balaban J connectivity index is 1.35. The lowest BCUT2D eigenvalue weighted by molar-refractivity contribution is -0.131. The highest BCUT2D eigenvalue weighted by molar-refractivity contribution is 7.14. The number of amides is 2. The van der Waals surface area contributed by atoms with Crippen LogP contribution >= 0.6 is 11.3 Å². The number of carbonyl (C=O) groups is 2. The summed E-state index contributed by atoms with van der Waals surface area (Å²) in [5, 5.41) is 0. The molecule has 2 fully saturated rings. The van der Waals surface area contributed by atoms with Crippen molar-refractivity contribution >= 4 is 23.2 Å². The van der Waals surface area contributed by atoms with Crippen molar-refractivity contribution in [1.82, 2.24) is 9.80 Å². The maximum absolute atomic E-state index is 13.1. The van der Waals surface area contributed by atoms with Gasteiger partial charge in [0.15, 0.2) is 0 Å². The van der Waals surface area contributed by atoms with Gasteiger partial charge in [0.1, 0.15) is 5.75 Å². The third-order valence-electron chi connectivity index (χ3n) is 6.35. The molecule has 4 rings (SSSR count). The Bertz CT molecular complexity index is 892. The number of hydrogen-bond donors (Lipinski definition) is 0. The lowest BCUT2D eigenvalue weighted by Crippen LogP contribution is -2.39. The van der Waals surface area contributed by atoms with Crippen LogP contribution in [-0.4, -0.2) is 54.9 Å². The van der Waals surface area contributed by atoms with Crippen LogP contribution in [0.4, 0.5) is 0 Å². The van der Waals surface area contributed by atoms with Crippen LogP contribution in [0.15, 0.2) is 30.3 Å². The van der Waals surface area contributed by atoms with Gasteiger partial charge in [0.05, 0.1) is 12.0 Å². The van der Waals surface area contributed by atoms with E-state index in [1.54, 1.807) is 18.4 Å². The van der Waals surface area contributed by atoms with Crippen molar-refractivity contribution in [2.75, 3.05) is 33.3 Å². The van der Waals surface area contributed by atoms with Gasteiger partial charge in [-0.2, -0.15) is 0 Å². The highest BCUT2D eigenvalue weighted by Gasteiger charge is 2.28. The van der Waals surface area contributed by atoms with Gasteiger partial charge in [-0.3, -0.25) is 9.59 Å². The standard InChI is InChI=1S/C24H30N2O3S/c1-17-21(19-5-7-20(29-2)8-6-19)16-22(30-17)24(28)26-13-9-18(10-14-26)15-23(27)25-11-3-4-12-25/h5-8,16,18H,3-4,9-15H2,1-2H3. The Morgan fingerprint density at radius 3 is 2.33 bits per heavy atom. The van der Waals surface area contributed by atoms with Crippen LogP contribution in [0.25, 0.3) is 11.1 Å². The fourth-order valence-electron chi connectivity index (χ4n) is 4.48. The number of methoxy groups -OCH3 is 1. The molecular weight excluding hydrogens is 396 g/mol. The minimum Gasteiger partial charge on any atom is -0.497 e. The predicted molar refractivity (Wildman–Crippen MR) is 120 cm³/mol. The van der Waals surface area contributed by atoms with Gasteiger partial charge in [-0.15, -0.1) is 11.3 Å². The van der Waals surface area contributed by atoms with Crippen molar-refractivity contribution in [1.29, 1.82) is 0 Å². The fourth-order valence-corrected chi connectivity index (χ4v) is 5.49. The number of rotatable bonds is 5. The average Bonchev–Trinajstić information content (AvgIpc) is 3.44. The fraction of sp³-hybridized carbons (Fsp3) is 0.500. The molecule has 0 atom stereocenters. The first kappa shape index (κ1) is 20.9. The molecule has 1 aromatic carbocycles. The third kappa shape index (κ3) is 4.53. The zero-order chi connectivity index (χ0) is 21.1. The van der Waals surface area contributed by atoms with E-state index in [4.69, 9.17) is 4.74 Å². The molecule has 1 aromatic heterocycles. The molecule has 5 nitrogen and oxygen atoms in total. The normalized spacial score (nSPS) is 17.4. The van der Waals surface area contributed by atoms with Crippen molar-refractivity contribution in [2.24, 2.45) is 5.92 Å². The number of hydrogen-bond acceptors (Lipinski definition) is 4. The number of nitrogens with zero attached hydrogens (tertiary/aromatic N) is 2. The molecule has 0 radical (unpaired) electrons. The molecule has 0 bridgehead atoms. The van der Waals surface area contributed by atoms with E-state index >= 15 is 0 Å². The molecule has 0 saturated carbocycles. The van der Waals surface area contributed by atoms with Crippen molar-refractivity contribution in [2.45, 2.75) is 39.0 Å². The number of ether oxygens (including phenoxy) is 1.